The number of urea groups is 1. The van der Waals surface area contributed by atoms with E-state index in [0.29, 0.717) is 40.6 Å². The lowest BCUT2D eigenvalue weighted by molar-refractivity contribution is -0.138. The summed E-state index contributed by atoms with van der Waals surface area (Å²) in [6, 6.07) is 9.31. The number of rotatable bonds is 2. The van der Waals surface area contributed by atoms with Gasteiger partial charge in [0.15, 0.2) is 0 Å². The van der Waals surface area contributed by atoms with Gasteiger partial charge in [0, 0.05) is 24.2 Å². The quantitative estimate of drug-likeness (QED) is 0.547. The van der Waals surface area contributed by atoms with Crippen LogP contribution in [0, 0.1) is 12.3 Å². The number of aliphatic imine (C=N–C) groups is 1. The van der Waals surface area contributed by atoms with Crippen LogP contribution in [0.3, 0.4) is 0 Å². The van der Waals surface area contributed by atoms with Gasteiger partial charge in [0.2, 0.25) is 11.8 Å². The molecule has 190 valence electrons. The minimum Gasteiger partial charge on any atom is -0.495 e. The molecule has 1 fully saturated rings. The van der Waals surface area contributed by atoms with Crippen LogP contribution in [0.1, 0.15) is 42.4 Å². The van der Waals surface area contributed by atoms with Crippen LogP contribution in [0.25, 0.3) is 5.65 Å². The van der Waals surface area contributed by atoms with Crippen molar-refractivity contribution < 1.29 is 14.7 Å². The number of halogens is 1. The molecular weight excluding hydrogens is 494 g/mol. The van der Waals surface area contributed by atoms with E-state index >= 15 is 0 Å². The van der Waals surface area contributed by atoms with Crippen molar-refractivity contribution in [2.45, 2.75) is 51.6 Å². The van der Waals surface area contributed by atoms with Crippen molar-refractivity contribution in [1.29, 1.82) is 0 Å². The highest BCUT2D eigenvalue weighted by atomic mass is 35.5. The summed E-state index contributed by atoms with van der Waals surface area (Å²) in [5, 5.41) is 11.7. The molecule has 10 heteroatoms. The van der Waals surface area contributed by atoms with Crippen molar-refractivity contribution in [3.05, 3.63) is 74.7 Å². The number of nitrogens with zero attached hydrogens (tertiary/aromatic N) is 5. The zero-order valence-electron chi connectivity index (χ0n) is 20.4. The Morgan fingerprint density at radius 3 is 2.73 bits per heavy atom. The molecule has 3 aliphatic rings. The van der Waals surface area contributed by atoms with E-state index in [1.807, 2.05) is 17.9 Å². The Labute approximate surface area is 218 Å². The first-order chi connectivity index (χ1) is 17.8. The van der Waals surface area contributed by atoms with Gasteiger partial charge in [-0.1, -0.05) is 48.7 Å². The molecule has 0 bridgehead atoms. The molecule has 3 amide bonds. The van der Waals surface area contributed by atoms with Crippen molar-refractivity contribution in [3.8, 4) is 0 Å². The summed E-state index contributed by atoms with van der Waals surface area (Å²) in [4.78, 5) is 52.9. The Kier molecular flexibility index (Phi) is 5.56. The molecule has 1 saturated heterocycles. The van der Waals surface area contributed by atoms with Crippen molar-refractivity contribution in [2.24, 2.45) is 10.4 Å². The topological polar surface area (TPSA) is 108 Å². The normalized spacial score (nSPS) is 23.6. The highest BCUT2D eigenvalue weighted by Crippen LogP contribution is 2.46. The van der Waals surface area contributed by atoms with Crippen LogP contribution in [-0.4, -0.2) is 49.8 Å². The molecule has 1 N–H and O–H groups in total. The predicted octanol–water partition coefficient (Wildman–Crippen LogP) is 4.07. The molecular formula is C27H26ClN5O4. The van der Waals surface area contributed by atoms with Gasteiger partial charge in [-0.2, -0.15) is 4.99 Å². The number of pyridine rings is 1. The number of carbonyl (C=O) groups is 2. The van der Waals surface area contributed by atoms with E-state index in [-0.39, 0.29) is 18.5 Å². The first kappa shape index (κ1) is 23.7. The SMILES string of the molecule is Cc1cccn2c(=O)c3c(nc12)N1CCCCC[C@H]1[C@]1(C3)C(=O)N(Cc2ccccc2Cl)C(=O)N=C1O. The molecule has 3 aromatic rings. The maximum atomic E-state index is 14.3. The lowest BCUT2D eigenvalue weighted by Crippen LogP contribution is -2.66. The van der Waals surface area contributed by atoms with Crippen molar-refractivity contribution in [3.63, 3.8) is 0 Å². The molecule has 9 nitrogen and oxygen atoms in total. The van der Waals surface area contributed by atoms with Gasteiger partial charge in [0.05, 0.1) is 18.2 Å². The molecule has 0 radical (unpaired) electrons. The zero-order chi connectivity index (χ0) is 25.9. The van der Waals surface area contributed by atoms with Gasteiger partial charge in [-0.15, -0.1) is 0 Å². The van der Waals surface area contributed by atoms with Crippen molar-refractivity contribution in [2.75, 3.05) is 11.4 Å². The van der Waals surface area contributed by atoms with E-state index in [9.17, 15) is 19.5 Å². The number of carbonyl (C=O) groups excluding carboxylic acids is 2. The maximum absolute atomic E-state index is 14.3. The van der Waals surface area contributed by atoms with Crippen LogP contribution in [0.4, 0.5) is 10.6 Å². The Morgan fingerprint density at radius 1 is 1.11 bits per heavy atom. The van der Waals surface area contributed by atoms with E-state index in [1.165, 1.54) is 4.40 Å². The van der Waals surface area contributed by atoms with Crippen LogP contribution in [0.2, 0.25) is 5.02 Å². The number of hydrogen-bond donors (Lipinski definition) is 1. The molecule has 5 heterocycles. The number of benzene rings is 1. The van der Waals surface area contributed by atoms with E-state index in [4.69, 9.17) is 16.6 Å². The maximum Gasteiger partial charge on any atom is 0.353 e. The second kappa shape index (κ2) is 8.69. The largest absolute Gasteiger partial charge is 0.495 e. The number of aliphatic hydroxyl groups excluding tert-OH is 1. The molecule has 3 aliphatic heterocycles. The van der Waals surface area contributed by atoms with E-state index in [1.54, 1.807) is 36.5 Å². The third-order valence-electron chi connectivity index (χ3n) is 7.91. The number of fused-ring (bicyclic) bond motifs is 5. The third-order valence-corrected chi connectivity index (χ3v) is 8.28. The van der Waals surface area contributed by atoms with E-state index in [0.717, 1.165) is 29.7 Å². The summed E-state index contributed by atoms with van der Waals surface area (Å²) in [6.07, 6.45) is 4.79. The van der Waals surface area contributed by atoms with Gasteiger partial charge in [0.1, 0.15) is 16.9 Å². The van der Waals surface area contributed by atoms with Gasteiger partial charge >= 0.3 is 6.03 Å². The van der Waals surface area contributed by atoms with E-state index in [2.05, 4.69) is 4.99 Å². The average molecular weight is 520 g/mol. The monoisotopic (exact) mass is 519 g/mol. The number of hydrogen-bond acceptors (Lipinski definition) is 5. The van der Waals surface area contributed by atoms with Crippen molar-refractivity contribution in [1.82, 2.24) is 14.3 Å². The molecule has 0 unspecified atom stereocenters. The Bertz CT molecular complexity index is 1550. The number of anilines is 1. The molecule has 2 aromatic heterocycles. The van der Waals surface area contributed by atoms with Crippen LogP contribution in [-0.2, 0) is 17.8 Å². The second-order valence-electron chi connectivity index (χ2n) is 10.0. The van der Waals surface area contributed by atoms with Crippen LogP contribution in [0.15, 0.2) is 52.4 Å². The summed E-state index contributed by atoms with van der Waals surface area (Å²) < 4.78 is 1.48. The Morgan fingerprint density at radius 2 is 1.92 bits per heavy atom. The first-order valence-corrected chi connectivity index (χ1v) is 12.9. The number of aliphatic hydroxyl groups is 1. The second-order valence-corrected chi connectivity index (χ2v) is 10.4. The van der Waals surface area contributed by atoms with Gasteiger partial charge in [-0.05, 0) is 43.0 Å². The molecule has 1 aromatic carbocycles. The fraction of sp³-hybridized carbons (Fsp3) is 0.370. The molecule has 37 heavy (non-hydrogen) atoms. The van der Waals surface area contributed by atoms with Crippen LogP contribution >= 0.6 is 11.6 Å². The summed E-state index contributed by atoms with van der Waals surface area (Å²) in [6.45, 7) is 2.40. The number of amides is 3. The number of aryl methyl sites for hydroxylation is 1. The molecule has 2 atom stereocenters. The summed E-state index contributed by atoms with van der Waals surface area (Å²) in [7, 11) is 0. The van der Waals surface area contributed by atoms with Crippen molar-refractivity contribution >= 4 is 40.9 Å². The summed E-state index contributed by atoms with van der Waals surface area (Å²) >= 11 is 6.34. The summed E-state index contributed by atoms with van der Waals surface area (Å²) in [5.74, 6) is -0.553. The Balaban J connectivity index is 1.55. The first-order valence-electron chi connectivity index (χ1n) is 12.5. The van der Waals surface area contributed by atoms with Gasteiger partial charge in [-0.25, -0.2) is 9.78 Å². The smallest absolute Gasteiger partial charge is 0.353 e. The third kappa shape index (κ3) is 3.48. The predicted molar refractivity (Wildman–Crippen MR) is 139 cm³/mol. The molecule has 6 rings (SSSR count). The highest BCUT2D eigenvalue weighted by Gasteiger charge is 2.61. The molecule has 0 aliphatic carbocycles. The average Bonchev–Trinajstić information content (AvgIpc) is 3.14. The Hall–Kier alpha value is -3.72. The minimum atomic E-state index is -1.58. The number of imide groups is 1. The van der Waals surface area contributed by atoms with Gasteiger partial charge in [0.25, 0.3) is 5.56 Å². The van der Waals surface area contributed by atoms with Gasteiger partial charge < -0.3 is 10.0 Å². The minimum absolute atomic E-state index is 0.0798. The number of aromatic nitrogens is 2. The fourth-order valence-corrected chi connectivity index (χ4v) is 6.24. The molecule has 0 saturated carbocycles. The molecule has 1 spiro atoms. The fourth-order valence-electron chi connectivity index (χ4n) is 6.04. The lowest BCUT2D eigenvalue weighted by Gasteiger charge is -2.50. The lowest BCUT2D eigenvalue weighted by atomic mass is 9.68. The zero-order valence-corrected chi connectivity index (χ0v) is 21.1. The standard InChI is InChI=1S/C27H26ClN5O4/c1-16-8-7-13-32-21(16)29-22-18(23(32)34)14-27(20-11-3-2-6-12-31(20)22)24(35)30-26(37)33(25(27)36)15-17-9-4-5-10-19(17)28/h4-5,7-10,13,20H,2-3,6,11-12,14-15H2,1H3,(H,30,35,37)/t20-,27-/m0/s1. The van der Waals surface area contributed by atoms with Crippen LogP contribution in [0.5, 0.6) is 0 Å². The summed E-state index contributed by atoms with van der Waals surface area (Å²) in [5.41, 5.74) is 0.488. The van der Waals surface area contributed by atoms with Gasteiger partial charge in [-0.3, -0.25) is 18.9 Å². The van der Waals surface area contributed by atoms with E-state index < -0.39 is 29.3 Å². The highest BCUT2D eigenvalue weighted by molar-refractivity contribution is 6.31. The van der Waals surface area contributed by atoms with Crippen LogP contribution < -0.4 is 10.5 Å².